The lowest BCUT2D eigenvalue weighted by molar-refractivity contribution is -0.122. The number of rotatable bonds is 10. The van der Waals surface area contributed by atoms with Crippen molar-refractivity contribution < 1.29 is 19.4 Å². The molecule has 1 aromatic rings. The summed E-state index contributed by atoms with van der Waals surface area (Å²) in [5.74, 6) is 0.840. The Morgan fingerprint density at radius 1 is 1.30 bits per heavy atom. The SMILES string of the molecule is COc1ccc(COCC/C=C(C)/C=C/C[C@@](C)(O)C=O)cc1. The Labute approximate surface area is 138 Å². The van der Waals surface area contributed by atoms with Gasteiger partial charge in [-0.05, 0) is 38.0 Å². The molecular weight excluding hydrogens is 292 g/mol. The number of ether oxygens (including phenoxy) is 2. The quantitative estimate of drug-likeness (QED) is 0.408. The number of hydrogen-bond donors (Lipinski definition) is 1. The highest BCUT2D eigenvalue weighted by Crippen LogP contribution is 2.12. The third kappa shape index (κ3) is 8.33. The van der Waals surface area contributed by atoms with Crippen molar-refractivity contribution >= 4 is 6.29 Å². The average Bonchev–Trinajstić information content (AvgIpc) is 2.55. The first kappa shape index (κ1) is 19.1. The fraction of sp³-hybridized carbons (Fsp3) is 0.421. The van der Waals surface area contributed by atoms with Gasteiger partial charge in [-0.2, -0.15) is 0 Å². The van der Waals surface area contributed by atoms with E-state index in [4.69, 9.17) is 9.47 Å². The van der Waals surface area contributed by atoms with Crippen LogP contribution in [0.2, 0.25) is 0 Å². The highest BCUT2D eigenvalue weighted by atomic mass is 16.5. The van der Waals surface area contributed by atoms with Gasteiger partial charge < -0.3 is 19.4 Å². The second-order valence-corrected chi connectivity index (χ2v) is 5.72. The van der Waals surface area contributed by atoms with Gasteiger partial charge in [0.25, 0.3) is 0 Å². The van der Waals surface area contributed by atoms with Gasteiger partial charge in [0, 0.05) is 6.42 Å². The highest BCUT2D eigenvalue weighted by molar-refractivity contribution is 5.61. The smallest absolute Gasteiger partial charge is 0.151 e. The van der Waals surface area contributed by atoms with Gasteiger partial charge in [0.15, 0.2) is 6.29 Å². The van der Waals surface area contributed by atoms with Gasteiger partial charge >= 0.3 is 0 Å². The fourth-order valence-corrected chi connectivity index (χ4v) is 1.88. The molecule has 4 heteroatoms. The summed E-state index contributed by atoms with van der Waals surface area (Å²) >= 11 is 0. The van der Waals surface area contributed by atoms with Crippen LogP contribution in [0.1, 0.15) is 32.3 Å². The Balaban J connectivity index is 2.24. The van der Waals surface area contributed by atoms with Crippen molar-refractivity contribution in [2.45, 2.75) is 38.9 Å². The summed E-state index contributed by atoms with van der Waals surface area (Å²) in [4.78, 5) is 10.6. The Hall–Kier alpha value is -1.91. The Bertz CT molecular complexity index is 527. The minimum Gasteiger partial charge on any atom is -0.497 e. The average molecular weight is 318 g/mol. The van der Waals surface area contributed by atoms with E-state index >= 15 is 0 Å². The van der Waals surface area contributed by atoms with E-state index in [9.17, 15) is 9.90 Å². The van der Waals surface area contributed by atoms with Crippen LogP contribution in [-0.4, -0.2) is 30.7 Å². The van der Waals surface area contributed by atoms with Crippen molar-refractivity contribution in [1.29, 1.82) is 0 Å². The summed E-state index contributed by atoms with van der Waals surface area (Å²) in [7, 11) is 1.65. The molecule has 0 aliphatic rings. The molecule has 4 nitrogen and oxygen atoms in total. The summed E-state index contributed by atoms with van der Waals surface area (Å²) in [5, 5.41) is 9.56. The minimum absolute atomic E-state index is 0.315. The van der Waals surface area contributed by atoms with E-state index in [2.05, 4.69) is 6.08 Å². The van der Waals surface area contributed by atoms with Crippen molar-refractivity contribution in [3.63, 3.8) is 0 Å². The summed E-state index contributed by atoms with van der Waals surface area (Å²) in [6.07, 6.45) is 7.47. The zero-order chi connectivity index (χ0) is 17.1. The van der Waals surface area contributed by atoms with E-state index in [1.54, 1.807) is 13.2 Å². The predicted molar refractivity (Wildman–Crippen MR) is 91.5 cm³/mol. The van der Waals surface area contributed by atoms with Crippen molar-refractivity contribution in [3.05, 3.63) is 53.6 Å². The van der Waals surface area contributed by atoms with Gasteiger partial charge in [0.1, 0.15) is 11.4 Å². The van der Waals surface area contributed by atoms with Crippen LogP contribution in [0.5, 0.6) is 5.75 Å². The topological polar surface area (TPSA) is 55.8 Å². The van der Waals surface area contributed by atoms with Gasteiger partial charge in [-0.1, -0.05) is 35.9 Å². The van der Waals surface area contributed by atoms with Crippen LogP contribution in [0, 0.1) is 0 Å². The van der Waals surface area contributed by atoms with Crippen LogP contribution in [0.15, 0.2) is 48.1 Å². The van der Waals surface area contributed by atoms with Crippen LogP contribution in [0.25, 0.3) is 0 Å². The summed E-state index contributed by atoms with van der Waals surface area (Å²) in [5.41, 5.74) is 0.917. The molecule has 0 aromatic heterocycles. The maximum absolute atomic E-state index is 10.6. The zero-order valence-electron chi connectivity index (χ0n) is 14.1. The molecule has 0 heterocycles. The van der Waals surface area contributed by atoms with Crippen molar-refractivity contribution in [1.82, 2.24) is 0 Å². The molecule has 126 valence electrons. The van der Waals surface area contributed by atoms with E-state index in [1.165, 1.54) is 6.92 Å². The molecular formula is C19H26O4. The molecule has 0 amide bonds. The van der Waals surface area contributed by atoms with Gasteiger partial charge in [-0.3, -0.25) is 0 Å². The molecule has 0 saturated heterocycles. The lowest BCUT2D eigenvalue weighted by atomic mass is 10.0. The number of hydrogen-bond acceptors (Lipinski definition) is 4. The normalized spacial score (nSPS) is 14.7. The molecule has 0 aliphatic heterocycles. The summed E-state index contributed by atoms with van der Waals surface area (Å²) in [6, 6.07) is 7.81. The minimum atomic E-state index is -1.28. The molecule has 0 aliphatic carbocycles. The van der Waals surface area contributed by atoms with Gasteiger partial charge in [0.2, 0.25) is 0 Å². The molecule has 1 atom stereocenters. The monoisotopic (exact) mass is 318 g/mol. The lowest BCUT2D eigenvalue weighted by Crippen LogP contribution is -2.24. The van der Waals surface area contributed by atoms with E-state index in [0.29, 0.717) is 25.9 Å². The molecule has 0 unspecified atom stereocenters. The maximum Gasteiger partial charge on any atom is 0.151 e. The van der Waals surface area contributed by atoms with E-state index in [1.807, 2.05) is 37.3 Å². The van der Waals surface area contributed by atoms with Crippen LogP contribution in [0.4, 0.5) is 0 Å². The lowest BCUT2D eigenvalue weighted by Gasteiger charge is -2.11. The number of aliphatic hydroxyl groups is 1. The Kier molecular flexibility index (Phi) is 8.30. The molecule has 0 radical (unpaired) electrons. The molecule has 0 bridgehead atoms. The van der Waals surface area contributed by atoms with E-state index < -0.39 is 5.60 Å². The second-order valence-electron chi connectivity index (χ2n) is 5.72. The van der Waals surface area contributed by atoms with Crippen molar-refractivity contribution in [2.75, 3.05) is 13.7 Å². The molecule has 0 saturated carbocycles. The standard InChI is InChI=1S/C19H26O4/c1-16(6-4-12-19(2,21)15-20)7-5-13-23-14-17-8-10-18(22-3)11-9-17/h4,6-11,15,21H,5,12-14H2,1-3H3/b6-4+,16-7+/t19-/m1/s1. The number of benzene rings is 1. The fourth-order valence-electron chi connectivity index (χ4n) is 1.88. The van der Waals surface area contributed by atoms with Crippen LogP contribution >= 0.6 is 0 Å². The second kappa shape index (κ2) is 9.98. The third-order valence-electron chi connectivity index (χ3n) is 3.32. The summed E-state index contributed by atoms with van der Waals surface area (Å²) < 4.78 is 10.7. The molecule has 23 heavy (non-hydrogen) atoms. The Morgan fingerprint density at radius 2 is 2.00 bits per heavy atom. The summed E-state index contributed by atoms with van der Waals surface area (Å²) in [6.45, 7) is 4.70. The van der Waals surface area contributed by atoms with Crippen LogP contribution < -0.4 is 4.74 Å². The van der Waals surface area contributed by atoms with Gasteiger partial charge in [-0.15, -0.1) is 0 Å². The predicted octanol–water partition coefficient (Wildman–Crippen LogP) is 3.44. The first-order valence-electron chi connectivity index (χ1n) is 7.69. The third-order valence-corrected chi connectivity index (χ3v) is 3.32. The van der Waals surface area contributed by atoms with Crippen molar-refractivity contribution in [3.8, 4) is 5.75 Å². The van der Waals surface area contributed by atoms with E-state index in [0.717, 1.165) is 23.3 Å². The number of carbonyl (C=O) groups excluding carboxylic acids is 1. The molecule has 0 spiro atoms. The molecule has 0 fully saturated rings. The first-order valence-corrected chi connectivity index (χ1v) is 7.69. The number of aldehydes is 1. The number of carbonyl (C=O) groups is 1. The zero-order valence-corrected chi connectivity index (χ0v) is 14.1. The first-order chi connectivity index (χ1) is 11.0. The molecule has 1 aromatic carbocycles. The Morgan fingerprint density at radius 3 is 2.61 bits per heavy atom. The molecule has 1 N–H and O–H groups in total. The van der Waals surface area contributed by atoms with Gasteiger partial charge in [0.05, 0.1) is 20.3 Å². The molecule has 1 rings (SSSR count). The van der Waals surface area contributed by atoms with Crippen LogP contribution in [-0.2, 0) is 16.1 Å². The number of methoxy groups -OCH3 is 1. The van der Waals surface area contributed by atoms with E-state index in [-0.39, 0.29) is 0 Å². The largest absolute Gasteiger partial charge is 0.497 e. The maximum atomic E-state index is 10.6. The van der Waals surface area contributed by atoms with Crippen LogP contribution in [0.3, 0.4) is 0 Å². The van der Waals surface area contributed by atoms with Gasteiger partial charge in [-0.25, -0.2) is 0 Å². The number of allylic oxidation sites excluding steroid dienone is 2. The highest BCUT2D eigenvalue weighted by Gasteiger charge is 2.15. The van der Waals surface area contributed by atoms with Crippen molar-refractivity contribution in [2.24, 2.45) is 0 Å².